The van der Waals surface area contributed by atoms with Crippen molar-refractivity contribution in [2.24, 2.45) is 5.41 Å². The topological polar surface area (TPSA) is 17.1 Å². The Morgan fingerprint density at radius 2 is 1.62 bits per heavy atom. The molecule has 0 rings (SSSR count). The quantitative estimate of drug-likeness (QED) is 0.594. The fourth-order valence-electron chi connectivity index (χ4n) is 1.60. The Hall–Kier alpha value is -0.850. The van der Waals surface area contributed by atoms with Crippen molar-refractivity contribution in [3.63, 3.8) is 0 Å². The van der Waals surface area contributed by atoms with E-state index in [1.54, 1.807) is 12.2 Å². The third-order valence-electron chi connectivity index (χ3n) is 1.81. The van der Waals surface area contributed by atoms with Crippen LogP contribution in [0.15, 0.2) is 23.3 Å². The SMILES string of the molecule is C/C=C/C(=O)C(=C(C)C)C(C)(C)C. The Labute approximate surface area is 81.5 Å². The van der Waals surface area contributed by atoms with Gasteiger partial charge in [0.25, 0.3) is 0 Å². The first-order valence-electron chi connectivity index (χ1n) is 4.65. The largest absolute Gasteiger partial charge is 0.290 e. The molecule has 0 bridgehead atoms. The van der Waals surface area contributed by atoms with Gasteiger partial charge < -0.3 is 0 Å². The molecule has 0 aliphatic heterocycles. The highest BCUT2D eigenvalue weighted by molar-refractivity contribution is 6.05. The molecule has 0 saturated heterocycles. The lowest BCUT2D eigenvalue weighted by molar-refractivity contribution is -0.112. The lowest BCUT2D eigenvalue weighted by Crippen LogP contribution is -2.17. The maximum Gasteiger partial charge on any atom is 0.181 e. The summed E-state index contributed by atoms with van der Waals surface area (Å²) in [7, 11) is 0. The minimum Gasteiger partial charge on any atom is -0.290 e. The van der Waals surface area contributed by atoms with Gasteiger partial charge in [0.15, 0.2) is 5.78 Å². The fraction of sp³-hybridized carbons (Fsp3) is 0.583. The van der Waals surface area contributed by atoms with Crippen molar-refractivity contribution in [1.82, 2.24) is 0 Å². The van der Waals surface area contributed by atoms with Crippen LogP contribution in [0.25, 0.3) is 0 Å². The van der Waals surface area contributed by atoms with Crippen molar-refractivity contribution < 1.29 is 4.79 Å². The Morgan fingerprint density at radius 3 is 1.85 bits per heavy atom. The Bertz CT molecular complexity index is 245. The van der Waals surface area contributed by atoms with Crippen LogP contribution >= 0.6 is 0 Å². The van der Waals surface area contributed by atoms with E-state index in [1.807, 2.05) is 20.8 Å². The predicted octanol–water partition coefficient (Wildman–Crippen LogP) is 3.51. The van der Waals surface area contributed by atoms with E-state index >= 15 is 0 Å². The summed E-state index contributed by atoms with van der Waals surface area (Å²) in [5, 5.41) is 0. The van der Waals surface area contributed by atoms with Gasteiger partial charge in [-0.25, -0.2) is 0 Å². The predicted molar refractivity (Wildman–Crippen MR) is 57.7 cm³/mol. The van der Waals surface area contributed by atoms with Crippen LogP contribution < -0.4 is 0 Å². The molecular formula is C12H20O. The van der Waals surface area contributed by atoms with Crippen LogP contribution in [0.5, 0.6) is 0 Å². The molecule has 0 radical (unpaired) electrons. The van der Waals surface area contributed by atoms with Crippen molar-refractivity contribution >= 4 is 5.78 Å². The molecule has 0 N–H and O–H groups in total. The van der Waals surface area contributed by atoms with E-state index in [1.165, 1.54) is 0 Å². The average Bonchev–Trinajstić information content (AvgIpc) is 1.82. The average molecular weight is 180 g/mol. The van der Waals surface area contributed by atoms with Crippen molar-refractivity contribution in [2.45, 2.75) is 41.5 Å². The summed E-state index contributed by atoms with van der Waals surface area (Å²) in [5.74, 6) is 0.134. The summed E-state index contributed by atoms with van der Waals surface area (Å²) in [6, 6.07) is 0. The number of hydrogen-bond acceptors (Lipinski definition) is 1. The minimum absolute atomic E-state index is 0.0601. The maximum atomic E-state index is 11.7. The van der Waals surface area contributed by atoms with Crippen molar-refractivity contribution in [1.29, 1.82) is 0 Å². The van der Waals surface area contributed by atoms with E-state index in [2.05, 4.69) is 20.8 Å². The monoisotopic (exact) mass is 180 g/mol. The van der Waals surface area contributed by atoms with E-state index < -0.39 is 0 Å². The first-order valence-corrected chi connectivity index (χ1v) is 4.65. The van der Waals surface area contributed by atoms with Gasteiger partial charge in [0.1, 0.15) is 0 Å². The van der Waals surface area contributed by atoms with Gasteiger partial charge in [-0.3, -0.25) is 4.79 Å². The van der Waals surface area contributed by atoms with Crippen LogP contribution in [0.3, 0.4) is 0 Å². The number of ketones is 1. The van der Waals surface area contributed by atoms with Crippen molar-refractivity contribution in [2.75, 3.05) is 0 Å². The highest BCUT2D eigenvalue weighted by atomic mass is 16.1. The van der Waals surface area contributed by atoms with Crippen LogP contribution in [0.1, 0.15) is 41.5 Å². The molecule has 0 aromatic carbocycles. The van der Waals surface area contributed by atoms with Crippen LogP contribution in [-0.4, -0.2) is 5.78 Å². The number of hydrogen-bond donors (Lipinski definition) is 0. The van der Waals surface area contributed by atoms with E-state index in [9.17, 15) is 4.79 Å². The summed E-state index contributed by atoms with van der Waals surface area (Å²) < 4.78 is 0. The molecular weight excluding hydrogens is 160 g/mol. The highest BCUT2D eigenvalue weighted by Gasteiger charge is 2.22. The molecule has 13 heavy (non-hydrogen) atoms. The van der Waals surface area contributed by atoms with Crippen LogP contribution in [0.2, 0.25) is 0 Å². The number of carbonyl (C=O) groups is 1. The molecule has 74 valence electrons. The van der Waals surface area contributed by atoms with Crippen LogP contribution in [0.4, 0.5) is 0 Å². The molecule has 0 amide bonds. The van der Waals surface area contributed by atoms with Gasteiger partial charge in [0.05, 0.1) is 0 Å². The van der Waals surface area contributed by atoms with Gasteiger partial charge in [0.2, 0.25) is 0 Å². The van der Waals surface area contributed by atoms with E-state index in [-0.39, 0.29) is 11.2 Å². The van der Waals surface area contributed by atoms with Gasteiger partial charge in [-0.1, -0.05) is 32.4 Å². The molecule has 0 saturated carbocycles. The second-order valence-corrected chi connectivity index (χ2v) is 4.49. The van der Waals surface area contributed by atoms with Gasteiger partial charge in [-0.05, 0) is 32.3 Å². The van der Waals surface area contributed by atoms with Gasteiger partial charge in [-0.2, -0.15) is 0 Å². The number of carbonyl (C=O) groups excluding carboxylic acids is 1. The Balaban J connectivity index is 5.10. The second-order valence-electron chi connectivity index (χ2n) is 4.49. The van der Waals surface area contributed by atoms with Crippen molar-refractivity contribution in [3.8, 4) is 0 Å². The van der Waals surface area contributed by atoms with Gasteiger partial charge in [0, 0.05) is 5.57 Å². The summed E-state index contributed by atoms with van der Waals surface area (Å²) >= 11 is 0. The van der Waals surface area contributed by atoms with Gasteiger partial charge in [-0.15, -0.1) is 0 Å². The Kier molecular flexibility index (Phi) is 4.12. The molecule has 1 nitrogen and oxygen atoms in total. The molecule has 0 aromatic heterocycles. The third kappa shape index (κ3) is 3.58. The molecule has 0 atom stereocenters. The highest BCUT2D eigenvalue weighted by Crippen LogP contribution is 2.28. The van der Waals surface area contributed by atoms with Gasteiger partial charge >= 0.3 is 0 Å². The molecule has 1 heteroatoms. The third-order valence-corrected chi connectivity index (χ3v) is 1.81. The zero-order valence-electron chi connectivity index (χ0n) is 9.56. The fourth-order valence-corrected chi connectivity index (χ4v) is 1.60. The van der Waals surface area contributed by atoms with Crippen LogP contribution in [-0.2, 0) is 4.79 Å². The summed E-state index contributed by atoms with van der Waals surface area (Å²) in [6.45, 7) is 12.0. The summed E-state index contributed by atoms with van der Waals surface area (Å²) in [5.41, 5.74) is 1.97. The van der Waals surface area contributed by atoms with E-state index in [0.29, 0.717) is 0 Å². The summed E-state index contributed by atoms with van der Waals surface area (Å²) in [6.07, 6.45) is 3.42. The zero-order valence-corrected chi connectivity index (χ0v) is 9.56. The molecule has 0 spiro atoms. The maximum absolute atomic E-state index is 11.7. The minimum atomic E-state index is -0.0601. The number of allylic oxidation sites excluding steroid dienone is 4. The molecule has 0 heterocycles. The second kappa shape index (κ2) is 4.40. The molecule has 0 unspecified atom stereocenters. The first kappa shape index (κ1) is 12.2. The lowest BCUT2D eigenvalue weighted by Gasteiger charge is -2.22. The summed E-state index contributed by atoms with van der Waals surface area (Å²) in [4.78, 5) is 11.7. The standard InChI is InChI=1S/C12H20O/c1-7-8-10(13)11(9(2)3)12(4,5)6/h7-8H,1-6H3/b8-7+. The molecule has 0 aliphatic rings. The van der Waals surface area contributed by atoms with Crippen molar-refractivity contribution in [3.05, 3.63) is 23.3 Å². The molecule has 0 fully saturated rings. The van der Waals surface area contributed by atoms with Crippen LogP contribution in [0, 0.1) is 5.41 Å². The normalized spacial score (nSPS) is 11.8. The van der Waals surface area contributed by atoms with E-state index in [4.69, 9.17) is 0 Å². The zero-order chi connectivity index (χ0) is 10.6. The van der Waals surface area contributed by atoms with E-state index in [0.717, 1.165) is 11.1 Å². The molecule has 0 aliphatic carbocycles. The smallest absolute Gasteiger partial charge is 0.181 e. The Morgan fingerprint density at radius 1 is 1.15 bits per heavy atom. The number of rotatable bonds is 2. The lowest BCUT2D eigenvalue weighted by atomic mass is 9.81. The first-order chi connectivity index (χ1) is 5.80. The molecule has 0 aromatic rings.